The first-order valence-electron chi connectivity index (χ1n) is 8.29. The molecule has 8 heteroatoms. The number of anilines is 1. The van der Waals surface area contributed by atoms with Crippen LogP contribution in [0.25, 0.3) is 11.3 Å². The zero-order valence-electron chi connectivity index (χ0n) is 14.8. The van der Waals surface area contributed by atoms with Crippen LogP contribution in [0.4, 0.5) is 5.69 Å². The van der Waals surface area contributed by atoms with Gasteiger partial charge in [-0.15, -0.1) is 22.7 Å². The van der Waals surface area contributed by atoms with E-state index in [1.54, 1.807) is 22.7 Å². The third-order valence-electron chi connectivity index (χ3n) is 4.44. The van der Waals surface area contributed by atoms with Crippen molar-refractivity contribution in [2.24, 2.45) is 0 Å². The summed E-state index contributed by atoms with van der Waals surface area (Å²) < 4.78 is 25.6. The van der Waals surface area contributed by atoms with Gasteiger partial charge < -0.3 is 0 Å². The smallest absolute Gasteiger partial charge is 0.232 e. The minimum atomic E-state index is -3.26. The van der Waals surface area contributed by atoms with Crippen molar-refractivity contribution in [1.29, 1.82) is 0 Å². The van der Waals surface area contributed by atoms with Crippen molar-refractivity contribution in [1.82, 2.24) is 9.97 Å². The average Bonchev–Trinajstić information content (AvgIpc) is 3.24. The normalized spacial score (nSPS) is 16.9. The van der Waals surface area contributed by atoms with E-state index >= 15 is 0 Å². The van der Waals surface area contributed by atoms with Gasteiger partial charge in [0.2, 0.25) is 10.0 Å². The summed E-state index contributed by atoms with van der Waals surface area (Å²) in [7, 11) is -3.26. The van der Waals surface area contributed by atoms with Crippen LogP contribution in [-0.4, -0.2) is 30.7 Å². The first kappa shape index (κ1) is 17.6. The van der Waals surface area contributed by atoms with Gasteiger partial charge in [-0.05, 0) is 38.0 Å². The average molecular weight is 406 g/mol. The van der Waals surface area contributed by atoms with Gasteiger partial charge in [0.1, 0.15) is 0 Å². The third kappa shape index (κ3) is 3.28. The zero-order chi connectivity index (χ0) is 18.5. The van der Waals surface area contributed by atoms with Gasteiger partial charge in [0.25, 0.3) is 0 Å². The summed E-state index contributed by atoms with van der Waals surface area (Å²) in [5.74, 6) is 0. The standard InChI is InChI=1S/C18H19N3O2S3/c1-11-6-14-7-13(4-5-17(14)21(11)26(3,22)23)16-10-25-18(20-16)8-15-9-24-12(2)19-15/h4-5,7,9-11H,6,8H2,1-3H3/t11-/m0/s1. The molecule has 0 fully saturated rings. The minimum absolute atomic E-state index is 0.0471. The maximum atomic E-state index is 12.1. The monoisotopic (exact) mass is 405 g/mol. The Labute approximate surface area is 161 Å². The van der Waals surface area contributed by atoms with Gasteiger partial charge in [-0.25, -0.2) is 18.4 Å². The van der Waals surface area contributed by atoms with Crippen molar-refractivity contribution >= 4 is 38.4 Å². The van der Waals surface area contributed by atoms with E-state index in [1.165, 1.54) is 10.6 Å². The Kier molecular flexibility index (Phi) is 4.37. The van der Waals surface area contributed by atoms with E-state index in [4.69, 9.17) is 4.98 Å². The number of aromatic nitrogens is 2. The number of nitrogens with zero attached hydrogens (tertiary/aromatic N) is 3. The van der Waals surface area contributed by atoms with E-state index in [1.807, 2.05) is 26.0 Å². The maximum absolute atomic E-state index is 12.1. The molecule has 1 aliphatic heterocycles. The summed E-state index contributed by atoms with van der Waals surface area (Å²) in [5, 5.41) is 6.24. The maximum Gasteiger partial charge on any atom is 0.232 e. The lowest BCUT2D eigenvalue weighted by Crippen LogP contribution is -2.34. The largest absolute Gasteiger partial charge is 0.267 e. The first-order valence-corrected chi connectivity index (χ1v) is 11.9. The van der Waals surface area contributed by atoms with E-state index in [-0.39, 0.29) is 6.04 Å². The molecule has 0 saturated carbocycles. The topological polar surface area (TPSA) is 63.2 Å². The number of aryl methyl sites for hydroxylation is 1. The summed E-state index contributed by atoms with van der Waals surface area (Å²) in [6.07, 6.45) is 2.74. The van der Waals surface area contributed by atoms with E-state index in [0.29, 0.717) is 0 Å². The summed E-state index contributed by atoms with van der Waals surface area (Å²) in [6.45, 7) is 3.95. The second-order valence-electron chi connectivity index (χ2n) is 6.62. The van der Waals surface area contributed by atoms with Crippen molar-refractivity contribution in [3.05, 3.63) is 50.2 Å². The molecule has 26 heavy (non-hydrogen) atoms. The van der Waals surface area contributed by atoms with Gasteiger partial charge in [0, 0.05) is 28.8 Å². The van der Waals surface area contributed by atoms with Crippen molar-refractivity contribution < 1.29 is 8.42 Å². The second-order valence-corrected chi connectivity index (χ2v) is 10.5. The van der Waals surface area contributed by atoms with Crippen LogP contribution >= 0.6 is 22.7 Å². The lowest BCUT2D eigenvalue weighted by atomic mass is 10.1. The molecule has 5 nitrogen and oxygen atoms in total. The van der Waals surface area contributed by atoms with Crippen LogP contribution in [0.5, 0.6) is 0 Å². The summed E-state index contributed by atoms with van der Waals surface area (Å²) in [4.78, 5) is 9.25. The van der Waals surface area contributed by atoms with Gasteiger partial charge in [0.15, 0.2) is 0 Å². The van der Waals surface area contributed by atoms with Crippen molar-refractivity contribution in [3.63, 3.8) is 0 Å². The van der Waals surface area contributed by atoms with Crippen LogP contribution in [0.15, 0.2) is 29.0 Å². The van der Waals surface area contributed by atoms with Crippen LogP contribution in [0.1, 0.15) is 28.2 Å². The number of benzene rings is 1. The van der Waals surface area contributed by atoms with Crippen LogP contribution in [0.3, 0.4) is 0 Å². The Morgan fingerprint density at radius 1 is 1.23 bits per heavy atom. The summed E-state index contributed by atoms with van der Waals surface area (Å²) in [5.41, 5.74) is 4.87. The molecule has 1 aliphatic rings. The fraction of sp³-hybridized carbons (Fsp3) is 0.333. The van der Waals surface area contributed by atoms with Gasteiger partial charge in [0.05, 0.1) is 33.3 Å². The molecule has 136 valence electrons. The molecule has 0 spiro atoms. The molecule has 0 aliphatic carbocycles. The molecular weight excluding hydrogens is 386 g/mol. The molecule has 1 atom stereocenters. The van der Waals surface area contributed by atoms with Crippen LogP contribution in [-0.2, 0) is 22.9 Å². The Balaban J connectivity index is 1.61. The molecule has 3 aromatic rings. The van der Waals surface area contributed by atoms with Gasteiger partial charge in [-0.1, -0.05) is 6.07 Å². The van der Waals surface area contributed by atoms with E-state index in [0.717, 1.165) is 51.1 Å². The van der Waals surface area contributed by atoms with Gasteiger partial charge in [-0.2, -0.15) is 0 Å². The Morgan fingerprint density at radius 3 is 2.73 bits per heavy atom. The van der Waals surface area contributed by atoms with E-state index in [9.17, 15) is 8.42 Å². The Morgan fingerprint density at radius 2 is 2.04 bits per heavy atom. The molecule has 0 N–H and O–H groups in total. The van der Waals surface area contributed by atoms with E-state index in [2.05, 4.69) is 21.8 Å². The zero-order valence-corrected chi connectivity index (χ0v) is 17.2. The quantitative estimate of drug-likeness (QED) is 0.661. The molecule has 3 heterocycles. The predicted octanol–water partition coefficient (Wildman–Crippen LogP) is 3.88. The Bertz CT molecular complexity index is 1070. The minimum Gasteiger partial charge on any atom is -0.267 e. The second kappa shape index (κ2) is 6.44. The Hall–Kier alpha value is -1.77. The molecule has 1 aromatic carbocycles. The number of hydrogen-bond acceptors (Lipinski definition) is 6. The van der Waals surface area contributed by atoms with Crippen molar-refractivity contribution in [2.45, 2.75) is 32.7 Å². The van der Waals surface area contributed by atoms with E-state index < -0.39 is 10.0 Å². The van der Waals surface area contributed by atoms with Gasteiger partial charge in [-0.3, -0.25) is 4.31 Å². The number of sulfonamides is 1. The molecular formula is C18H19N3O2S3. The molecule has 2 aromatic heterocycles. The van der Waals surface area contributed by atoms with Crippen LogP contribution in [0.2, 0.25) is 0 Å². The highest BCUT2D eigenvalue weighted by atomic mass is 32.2. The number of thiazole rings is 2. The SMILES string of the molecule is Cc1nc(Cc2nc(-c3ccc4c(c3)C[C@H](C)N4S(C)(=O)=O)cs2)cs1. The molecule has 0 unspecified atom stereocenters. The highest BCUT2D eigenvalue weighted by Gasteiger charge is 2.32. The van der Waals surface area contributed by atoms with Gasteiger partial charge >= 0.3 is 0 Å². The molecule has 0 amide bonds. The van der Waals surface area contributed by atoms with Crippen LogP contribution in [0, 0.1) is 6.92 Å². The van der Waals surface area contributed by atoms with Crippen molar-refractivity contribution in [3.8, 4) is 11.3 Å². The molecule has 4 rings (SSSR count). The first-order chi connectivity index (χ1) is 12.3. The third-order valence-corrected chi connectivity index (χ3v) is 7.38. The summed E-state index contributed by atoms with van der Waals surface area (Å²) in [6, 6.07) is 5.89. The number of hydrogen-bond donors (Lipinski definition) is 0. The highest BCUT2D eigenvalue weighted by Crippen LogP contribution is 2.37. The molecule has 0 bridgehead atoms. The molecule has 0 saturated heterocycles. The summed E-state index contributed by atoms with van der Waals surface area (Å²) >= 11 is 3.29. The highest BCUT2D eigenvalue weighted by molar-refractivity contribution is 7.92. The predicted molar refractivity (Wildman–Crippen MR) is 108 cm³/mol. The fourth-order valence-corrected chi connectivity index (χ4v) is 6.13. The van der Waals surface area contributed by atoms with Crippen LogP contribution < -0.4 is 4.31 Å². The van der Waals surface area contributed by atoms with Crippen molar-refractivity contribution in [2.75, 3.05) is 10.6 Å². The lowest BCUT2D eigenvalue weighted by Gasteiger charge is -2.21. The number of rotatable bonds is 4. The fourth-order valence-electron chi connectivity index (χ4n) is 3.44. The number of fused-ring (bicyclic) bond motifs is 1. The molecule has 0 radical (unpaired) electrons. The lowest BCUT2D eigenvalue weighted by molar-refractivity contribution is 0.590.